The largest absolute Gasteiger partial charge is 0.468 e. The van der Waals surface area contributed by atoms with Crippen molar-refractivity contribution < 1.29 is 14.3 Å². The van der Waals surface area contributed by atoms with Crippen LogP contribution in [-0.2, 0) is 14.3 Å². The molecule has 0 saturated carbocycles. The molecule has 1 rings (SSSR count). The van der Waals surface area contributed by atoms with Crippen molar-refractivity contribution in [3.8, 4) is 0 Å². The highest BCUT2D eigenvalue weighted by atomic mass is 16.5. The second-order valence-electron chi connectivity index (χ2n) is 6.36. The summed E-state index contributed by atoms with van der Waals surface area (Å²) < 4.78 is 10.4. The van der Waals surface area contributed by atoms with Gasteiger partial charge in [-0.3, -0.25) is 15.0 Å². The predicted octanol–water partition coefficient (Wildman–Crippen LogP) is 1.42. The summed E-state index contributed by atoms with van der Waals surface area (Å²) in [6.07, 6.45) is 1.78. The summed E-state index contributed by atoms with van der Waals surface area (Å²) in [6.45, 7) is 9.78. The highest BCUT2D eigenvalue weighted by Crippen LogP contribution is 2.22. The van der Waals surface area contributed by atoms with E-state index in [9.17, 15) is 4.79 Å². The number of nitrogens with zero attached hydrogens (tertiary/aromatic N) is 1. The first-order valence-electron chi connectivity index (χ1n) is 7.46. The van der Waals surface area contributed by atoms with Gasteiger partial charge in [0.05, 0.1) is 13.7 Å². The summed E-state index contributed by atoms with van der Waals surface area (Å²) in [6, 6.07) is 0.953. The van der Waals surface area contributed by atoms with E-state index in [0.29, 0.717) is 12.5 Å². The molecule has 0 aromatic heterocycles. The molecule has 1 heterocycles. The van der Waals surface area contributed by atoms with Crippen LogP contribution in [0.25, 0.3) is 0 Å². The van der Waals surface area contributed by atoms with E-state index in [-0.39, 0.29) is 18.1 Å². The van der Waals surface area contributed by atoms with Gasteiger partial charge in [0.1, 0.15) is 5.54 Å². The Kier molecular flexibility index (Phi) is 6.43. The normalized spacial score (nSPS) is 23.9. The van der Waals surface area contributed by atoms with Crippen LogP contribution < -0.4 is 5.32 Å². The highest BCUT2D eigenvalue weighted by molar-refractivity contribution is 5.80. The van der Waals surface area contributed by atoms with E-state index in [1.54, 1.807) is 0 Å². The maximum absolute atomic E-state index is 12.1. The van der Waals surface area contributed by atoms with Crippen molar-refractivity contribution in [3.05, 3.63) is 0 Å². The van der Waals surface area contributed by atoms with Crippen molar-refractivity contribution in [1.82, 2.24) is 10.2 Å². The molecule has 3 unspecified atom stereocenters. The number of esters is 1. The molecule has 0 aliphatic carbocycles. The predicted molar refractivity (Wildman–Crippen MR) is 79.8 cm³/mol. The lowest BCUT2D eigenvalue weighted by Gasteiger charge is -2.37. The van der Waals surface area contributed by atoms with Gasteiger partial charge in [-0.15, -0.1) is 0 Å². The number of rotatable bonds is 7. The van der Waals surface area contributed by atoms with Crippen molar-refractivity contribution in [2.24, 2.45) is 0 Å². The molecule has 0 aromatic rings. The van der Waals surface area contributed by atoms with Crippen molar-refractivity contribution in [2.45, 2.75) is 64.2 Å². The van der Waals surface area contributed by atoms with Crippen molar-refractivity contribution in [2.75, 3.05) is 27.4 Å². The number of methoxy groups -OCH3 is 1. The average molecular weight is 286 g/mol. The van der Waals surface area contributed by atoms with Gasteiger partial charge in [-0.05, 0) is 47.6 Å². The summed E-state index contributed by atoms with van der Waals surface area (Å²) in [5.74, 6) is -0.200. The molecule has 1 aliphatic rings. The van der Waals surface area contributed by atoms with Gasteiger partial charge in [-0.25, -0.2) is 0 Å². The lowest BCUT2D eigenvalue weighted by molar-refractivity contribution is -0.149. The Morgan fingerprint density at radius 3 is 2.60 bits per heavy atom. The van der Waals surface area contributed by atoms with Crippen LogP contribution in [0.4, 0.5) is 0 Å². The zero-order valence-corrected chi connectivity index (χ0v) is 13.7. The summed E-state index contributed by atoms with van der Waals surface area (Å²) in [5, 5.41) is 3.35. The van der Waals surface area contributed by atoms with Crippen LogP contribution in [0.1, 0.15) is 40.5 Å². The lowest BCUT2D eigenvalue weighted by atomic mass is 9.91. The molecule has 0 spiro atoms. The first-order valence-corrected chi connectivity index (χ1v) is 7.46. The van der Waals surface area contributed by atoms with Gasteiger partial charge in [0.15, 0.2) is 0 Å². The van der Waals surface area contributed by atoms with E-state index in [4.69, 9.17) is 9.47 Å². The third-order valence-corrected chi connectivity index (χ3v) is 4.12. The van der Waals surface area contributed by atoms with Gasteiger partial charge in [0, 0.05) is 24.7 Å². The van der Waals surface area contributed by atoms with Gasteiger partial charge in [-0.1, -0.05) is 0 Å². The van der Waals surface area contributed by atoms with Crippen LogP contribution in [0.3, 0.4) is 0 Å². The van der Waals surface area contributed by atoms with Crippen molar-refractivity contribution >= 4 is 5.97 Å². The van der Waals surface area contributed by atoms with E-state index in [1.165, 1.54) is 7.11 Å². The first-order chi connectivity index (χ1) is 9.30. The highest BCUT2D eigenvalue weighted by Gasteiger charge is 2.38. The van der Waals surface area contributed by atoms with Crippen LogP contribution in [0, 0.1) is 0 Å². The summed E-state index contributed by atoms with van der Waals surface area (Å²) in [5.41, 5.74) is -0.657. The van der Waals surface area contributed by atoms with E-state index >= 15 is 0 Å². The van der Waals surface area contributed by atoms with Gasteiger partial charge >= 0.3 is 5.97 Å². The maximum atomic E-state index is 12.1. The minimum absolute atomic E-state index is 0.200. The third-order valence-electron chi connectivity index (χ3n) is 4.12. The zero-order valence-electron chi connectivity index (χ0n) is 13.7. The Morgan fingerprint density at radius 2 is 2.15 bits per heavy atom. The fraction of sp³-hybridized carbons (Fsp3) is 0.933. The summed E-state index contributed by atoms with van der Waals surface area (Å²) in [4.78, 5) is 14.4. The Labute approximate surface area is 123 Å². The molecule has 0 bridgehead atoms. The second kappa shape index (κ2) is 7.38. The van der Waals surface area contributed by atoms with Crippen LogP contribution in [-0.4, -0.2) is 61.9 Å². The molecule has 1 fully saturated rings. The molecule has 20 heavy (non-hydrogen) atoms. The number of carbonyl (C=O) groups is 1. The summed E-state index contributed by atoms with van der Waals surface area (Å²) >= 11 is 0. The summed E-state index contributed by atoms with van der Waals surface area (Å²) in [7, 11) is 3.55. The standard InChI is InChI=1S/C15H30N2O3/c1-11(2)16-15(4,14(18)19-6)9-12(3)17(5)13-7-8-20-10-13/h11-13,16H,7-10H2,1-6H3. The van der Waals surface area contributed by atoms with E-state index < -0.39 is 5.54 Å². The van der Waals surface area contributed by atoms with Gasteiger partial charge in [0.2, 0.25) is 0 Å². The monoisotopic (exact) mass is 286 g/mol. The average Bonchev–Trinajstić information content (AvgIpc) is 2.89. The van der Waals surface area contributed by atoms with Crippen molar-refractivity contribution in [3.63, 3.8) is 0 Å². The Balaban J connectivity index is 2.70. The second-order valence-corrected chi connectivity index (χ2v) is 6.36. The van der Waals surface area contributed by atoms with E-state index in [1.807, 2.05) is 20.8 Å². The molecule has 3 atom stereocenters. The van der Waals surface area contributed by atoms with Crippen LogP contribution in [0.15, 0.2) is 0 Å². The minimum Gasteiger partial charge on any atom is -0.468 e. The molecular formula is C15H30N2O3. The van der Waals surface area contributed by atoms with Crippen LogP contribution in [0.5, 0.6) is 0 Å². The Bertz CT molecular complexity index is 316. The SMILES string of the molecule is COC(=O)C(C)(CC(C)N(C)C1CCOC1)NC(C)C. The van der Waals surface area contributed by atoms with Crippen molar-refractivity contribution in [1.29, 1.82) is 0 Å². The van der Waals surface area contributed by atoms with Gasteiger partial charge < -0.3 is 9.47 Å². The molecule has 1 aliphatic heterocycles. The fourth-order valence-corrected chi connectivity index (χ4v) is 3.00. The number of hydrogen-bond donors (Lipinski definition) is 1. The smallest absolute Gasteiger partial charge is 0.325 e. The lowest BCUT2D eigenvalue weighted by Crippen LogP contribution is -2.56. The first kappa shape index (κ1) is 17.4. The molecule has 5 nitrogen and oxygen atoms in total. The molecule has 5 heteroatoms. The topological polar surface area (TPSA) is 50.8 Å². The Hall–Kier alpha value is -0.650. The molecule has 1 saturated heterocycles. The quantitative estimate of drug-likeness (QED) is 0.717. The number of hydrogen-bond acceptors (Lipinski definition) is 5. The number of ether oxygens (including phenoxy) is 2. The fourth-order valence-electron chi connectivity index (χ4n) is 3.00. The zero-order chi connectivity index (χ0) is 15.3. The number of carbonyl (C=O) groups excluding carboxylic acids is 1. The molecule has 0 aromatic carbocycles. The van der Waals surface area contributed by atoms with Gasteiger partial charge in [-0.2, -0.15) is 0 Å². The minimum atomic E-state index is -0.657. The molecule has 1 N–H and O–H groups in total. The van der Waals surface area contributed by atoms with Gasteiger partial charge in [0.25, 0.3) is 0 Å². The molecule has 118 valence electrons. The molecule has 0 amide bonds. The Morgan fingerprint density at radius 1 is 1.50 bits per heavy atom. The van der Waals surface area contributed by atoms with E-state index in [0.717, 1.165) is 19.6 Å². The number of likely N-dealkylation sites (N-methyl/N-ethyl adjacent to an activating group) is 1. The molecule has 0 radical (unpaired) electrons. The molecular weight excluding hydrogens is 256 g/mol. The number of nitrogens with one attached hydrogen (secondary N) is 1. The third kappa shape index (κ3) is 4.43. The maximum Gasteiger partial charge on any atom is 0.325 e. The van der Waals surface area contributed by atoms with Crippen LogP contribution >= 0.6 is 0 Å². The van der Waals surface area contributed by atoms with Crippen LogP contribution in [0.2, 0.25) is 0 Å². The van der Waals surface area contributed by atoms with E-state index in [2.05, 4.69) is 24.2 Å².